The van der Waals surface area contributed by atoms with Crippen LogP contribution in [0.3, 0.4) is 0 Å². The average molecular weight is 238 g/mol. The molecule has 0 aromatic heterocycles. The van der Waals surface area contributed by atoms with E-state index in [9.17, 15) is 9.90 Å². The lowest BCUT2D eigenvalue weighted by Crippen LogP contribution is -2.30. The topological polar surface area (TPSA) is 46.5 Å². The van der Waals surface area contributed by atoms with E-state index in [0.29, 0.717) is 31.0 Å². The largest absolute Gasteiger partial charge is 0.466 e. The van der Waals surface area contributed by atoms with E-state index in [1.54, 1.807) is 0 Å². The summed E-state index contributed by atoms with van der Waals surface area (Å²) >= 11 is 0. The Balaban J connectivity index is 1.70. The zero-order chi connectivity index (χ0) is 12.0. The van der Waals surface area contributed by atoms with Crippen molar-refractivity contribution in [3.05, 3.63) is 0 Å². The Morgan fingerprint density at radius 3 is 2.65 bits per heavy atom. The predicted octanol–water partition coefficient (Wildman–Crippen LogP) is 1.84. The Labute approximate surface area is 103 Å². The Kier molecular flexibility index (Phi) is 2.89. The highest BCUT2D eigenvalue weighted by Crippen LogP contribution is 2.62. The molecule has 0 aromatic rings. The van der Waals surface area contributed by atoms with Gasteiger partial charge in [0.15, 0.2) is 0 Å². The van der Waals surface area contributed by atoms with Gasteiger partial charge in [-0.25, -0.2) is 0 Å². The Morgan fingerprint density at radius 2 is 1.94 bits per heavy atom. The highest BCUT2D eigenvalue weighted by atomic mass is 16.5. The molecule has 3 aliphatic rings. The summed E-state index contributed by atoms with van der Waals surface area (Å²) in [7, 11) is 0. The number of rotatable bonds is 3. The van der Waals surface area contributed by atoms with Gasteiger partial charge in [0.05, 0.1) is 12.5 Å². The lowest BCUT2D eigenvalue weighted by molar-refractivity contribution is -0.150. The lowest BCUT2D eigenvalue weighted by Gasteiger charge is -2.29. The fourth-order valence-corrected chi connectivity index (χ4v) is 4.85. The smallest absolute Gasteiger partial charge is 0.309 e. The summed E-state index contributed by atoms with van der Waals surface area (Å²) in [6.45, 7) is 2.71. The van der Waals surface area contributed by atoms with Gasteiger partial charge in [0.1, 0.15) is 0 Å². The molecule has 6 unspecified atom stereocenters. The molecule has 2 bridgehead atoms. The number of esters is 1. The zero-order valence-electron chi connectivity index (χ0n) is 10.5. The first-order chi connectivity index (χ1) is 8.24. The van der Waals surface area contributed by atoms with Crippen molar-refractivity contribution in [1.82, 2.24) is 0 Å². The summed E-state index contributed by atoms with van der Waals surface area (Å²) in [4.78, 5) is 11.9. The van der Waals surface area contributed by atoms with Crippen LogP contribution >= 0.6 is 0 Å². The molecule has 3 fully saturated rings. The van der Waals surface area contributed by atoms with Crippen LogP contribution in [0.15, 0.2) is 0 Å². The number of hydrogen-bond acceptors (Lipinski definition) is 3. The van der Waals surface area contributed by atoms with Crippen molar-refractivity contribution in [2.45, 2.75) is 32.6 Å². The van der Waals surface area contributed by atoms with Gasteiger partial charge in [-0.05, 0) is 62.2 Å². The Hall–Kier alpha value is -0.570. The molecule has 3 rings (SSSR count). The molecule has 0 heterocycles. The highest BCUT2D eigenvalue weighted by Gasteiger charge is 2.57. The van der Waals surface area contributed by atoms with E-state index >= 15 is 0 Å². The van der Waals surface area contributed by atoms with E-state index in [1.165, 1.54) is 12.8 Å². The van der Waals surface area contributed by atoms with Crippen molar-refractivity contribution in [2.75, 3.05) is 13.2 Å². The van der Waals surface area contributed by atoms with Gasteiger partial charge in [-0.1, -0.05) is 0 Å². The molecule has 0 amide bonds. The van der Waals surface area contributed by atoms with Gasteiger partial charge in [-0.15, -0.1) is 0 Å². The molecule has 0 aliphatic heterocycles. The third kappa shape index (κ3) is 1.70. The first-order valence-electron chi connectivity index (χ1n) is 7.02. The molecular weight excluding hydrogens is 216 g/mol. The summed E-state index contributed by atoms with van der Waals surface area (Å²) in [6, 6.07) is 0. The summed E-state index contributed by atoms with van der Waals surface area (Å²) in [6.07, 6.45) is 4.61. The minimum atomic E-state index is 0.0332. The standard InChI is InChI=1S/C14H22O3/c1-2-17-14(16)13-6-9-5-12(13)11-4-8(7-15)3-10(9)11/h8-13,15H,2-7H2,1H3. The first kappa shape index (κ1) is 11.5. The second-order valence-electron chi connectivity index (χ2n) is 6.10. The van der Waals surface area contributed by atoms with Crippen molar-refractivity contribution in [3.63, 3.8) is 0 Å². The van der Waals surface area contributed by atoms with E-state index in [2.05, 4.69) is 0 Å². The number of carbonyl (C=O) groups is 1. The van der Waals surface area contributed by atoms with Crippen LogP contribution < -0.4 is 0 Å². The van der Waals surface area contributed by atoms with E-state index in [1.807, 2.05) is 6.92 Å². The van der Waals surface area contributed by atoms with Gasteiger partial charge >= 0.3 is 5.97 Å². The van der Waals surface area contributed by atoms with E-state index in [4.69, 9.17) is 4.74 Å². The van der Waals surface area contributed by atoms with Crippen LogP contribution in [0.4, 0.5) is 0 Å². The Bertz CT molecular complexity index is 315. The molecule has 3 nitrogen and oxygen atoms in total. The molecule has 0 saturated heterocycles. The third-order valence-corrected chi connectivity index (χ3v) is 5.41. The van der Waals surface area contributed by atoms with Crippen molar-refractivity contribution in [3.8, 4) is 0 Å². The zero-order valence-corrected chi connectivity index (χ0v) is 10.5. The second kappa shape index (κ2) is 4.27. The van der Waals surface area contributed by atoms with Crippen LogP contribution in [-0.4, -0.2) is 24.3 Å². The Morgan fingerprint density at radius 1 is 1.18 bits per heavy atom. The molecule has 96 valence electrons. The van der Waals surface area contributed by atoms with Gasteiger partial charge < -0.3 is 9.84 Å². The molecule has 3 aliphatic carbocycles. The summed E-state index contributed by atoms with van der Waals surface area (Å²) in [5.41, 5.74) is 0. The number of aliphatic hydroxyl groups is 1. The maximum Gasteiger partial charge on any atom is 0.309 e. The molecule has 6 atom stereocenters. The number of fused-ring (bicyclic) bond motifs is 5. The fraction of sp³-hybridized carbons (Fsp3) is 0.929. The maximum atomic E-state index is 11.9. The maximum absolute atomic E-state index is 11.9. The summed E-state index contributed by atoms with van der Waals surface area (Å²) in [5.74, 6) is 3.47. The van der Waals surface area contributed by atoms with Gasteiger partial charge in [-0.3, -0.25) is 4.79 Å². The predicted molar refractivity (Wildman–Crippen MR) is 63.1 cm³/mol. The van der Waals surface area contributed by atoms with Crippen LogP contribution in [0.1, 0.15) is 32.6 Å². The van der Waals surface area contributed by atoms with Gasteiger partial charge in [0.2, 0.25) is 0 Å². The van der Waals surface area contributed by atoms with Crippen LogP contribution in [-0.2, 0) is 9.53 Å². The fourth-order valence-electron chi connectivity index (χ4n) is 4.85. The first-order valence-corrected chi connectivity index (χ1v) is 7.02. The van der Waals surface area contributed by atoms with Crippen molar-refractivity contribution >= 4 is 5.97 Å². The second-order valence-corrected chi connectivity index (χ2v) is 6.10. The van der Waals surface area contributed by atoms with Crippen LogP contribution in [0.2, 0.25) is 0 Å². The molecule has 0 spiro atoms. The molecule has 17 heavy (non-hydrogen) atoms. The number of aliphatic hydroxyl groups excluding tert-OH is 1. The normalized spacial score (nSPS) is 47.2. The van der Waals surface area contributed by atoms with Crippen molar-refractivity contribution in [2.24, 2.45) is 35.5 Å². The molecule has 0 aromatic carbocycles. The van der Waals surface area contributed by atoms with E-state index < -0.39 is 0 Å². The molecular formula is C14H22O3. The van der Waals surface area contributed by atoms with Crippen molar-refractivity contribution in [1.29, 1.82) is 0 Å². The number of hydrogen-bond donors (Lipinski definition) is 1. The van der Waals surface area contributed by atoms with Gasteiger partial charge in [0, 0.05) is 6.61 Å². The van der Waals surface area contributed by atoms with E-state index in [-0.39, 0.29) is 11.9 Å². The molecule has 3 heteroatoms. The summed E-state index contributed by atoms with van der Waals surface area (Å²) < 4.78 is 5.19. The third-order valence-electron chi connectivity index (χ3n) is 5.41. The average Bonchev–Trinajstić information content (AvgIpc) is 2.99. The molecule has 0 radical (unpaired) electrons. The SMILES string of the molecule is CCOC(=O)C1CC2CC1C1CC(CO)CC21. The van der Waals surface area contributed by atoms with Crippen LogP contribution in [0.25, 0.3) is 0 Å². The van der Waals surface area contributed by atoms with Gasteiger partial charge in [0.25, 0.3) is 0 Å². The highest BCUT2D eigenvalue weighted by molar-refractivity contribution is 5.73. The van der Waals surface area contributed by atoms with E-state index in [0.717, 1.165) is 24.7 Å². The number of carbonyl (C=O) groups excluding carboxylic acids is 1. The monoisotopic (exact) mass is 238 g/mol. The minimum absolute atomic E-state index is 0.0332. The molecule has 1 N–H and O–H groups in total. The van der Waals surface area contributed by atoms with Gasteiger partial charge in [-0.2, -0.15) is 0 Å². The quantitative estimate of drug-likeness (QED) is 0.763. The van der Waals surface area contributed by atoms with Crippen LogP contribution in [0.5, 0.6) is 0 Å². The lowest BCUT2D eigenvalue weighted by atomic mass is 9.76. The molecule has 3 saturated carbocycles. The summed E-state index contributed by atoms with van der Waals surface area (Å²) in [5, 5.41) is 9.28. The van der Waals surface area contributed by atoms with Crippen LogP contribution in [0, 0.1) is 35.5 Å². The number of ether oxygens (including phenoxy) is 1. The minimum Gasteiger partial charge on any atom is -0.466 e. The van der Waals surface area contributed by atoms with Crippen molar-refractivity contribution < 1.29 is 14.6 Å².